The van der Waals surface area contributed by atoms with Crippen LogP contribution >= 0.6 is 0 Å². The summed E-state index contributed by atoms with van der Waals surface area (Å²) < 4.78 is 38.5. The summed E-state index contributed by atoms with van der Waals surface area (Å²) in [6.45, 7) is 9.76. The van der Waals surface area contributed by atoms with Gasteiger partial charge in [0.05, 0.1) is 30.4 Å². The Bertz CT molecular complexity index is 1810. The molecule has 1 fully saturated rings. The lowest BCUT2D eigenvalue weighted by Gasteiger charge is -2.24. The summed E-state index contributed by atoms with van der Waals surface area (Å²) in [6, 6.07) is 15.9. The fourth-order valence-corrected chi connectivity index (χ4v) is 5.69. The summed E-state index contributed by atoms with van der Waals surface area (Å²) in [5, 5.41) is 7.32. The first-order valence-electron chi connectivity index (χ1n) is 14.4. The number of nitrogens with one attached hydrogen (secondary N) is 3. The average molecular weight is 619 g/mol. The topological polar surface area (TPSA) is 135 Å². The lowest BCUT2D eigenvalue weighted by Crippen LogP contribution is -2.22. The third kappa shape index (κ3) is 7.13. The molecule has 0 spiro atoms. The molecule has 0 aliphatic carbocycles. The Morgan fingerprint density at radius 2 is 1.57 bits per heavy atom. The van der Waals surface area contributed by atoms with E-state index in [1.165, 1.54) is 7.11 Å². The molecule has 1 aliphatic rings. The van der Waals surface area contributed by atoms with Crippen molar-refractivity contribution in [3.05, 3.63) is 65.9 Å². The third-order valence-corrected chi connectivity index (χ3v) is 7.85. The highest BCUT2D eigenvalue weighted by Gasteiger charge is 2.23. The van der Waals surface area contributed by atoms with Crippen molar-refractivity contribution in [1.82, 2.24) is 9.97 Å². The van der Waals surface area contributed by atoms with Crippen LogP contribution in [0.4, 0.5) is 27.8 Å². The monoisotopic (exact) mass is 618 g/mol. The predicted octanol–water partition coefficient (Wildman–Crippen LogP) is 6.65. The Hall–Kier alpha value is -4.58. The van der Waals surface area contributed by atoms with Gasteiger partial charge in [-0.1, -0.05) is 45.0 Å². The molecular weight excluding hydrogens is 580 g/mol. The molecule has 0 saturated carbocycles. The van der Waals surface area contributed by atoms with Crippen LogP contribution in [0.5, 0.6) is 17.4 Å². The van der Waals surface area contributed by atoms with Crippen LogP contribution in [0.3, 0.4) is 0 Å². The van der Waals surface area contributed by atoms with E-state index in [4.69, 9.17) is 9.47 Å². The molecule has 0 unspecified atom stereocenters. The van der Waals surface area contributed by atoms with Gasteiger partial charge in [-0.15, -0.1) is 0 Å². The molecule has 1 aromatic heterocycles. The number of aromatic nitrogens is 2. The molecule has 0 radical (unpaired) electrons. The molecule has 12 heteroatoms. The molecular formula is C32H38N6O5S. The van der Waals surface area contributed by atoms with Crippen LogP contribution in [-0.2, 0) is 15.4 Å². The van der Waals surface area contributed by atoms with Crippen molar-refractivity contribution in [3.63, 3.8) is 0 Å². The minimum atomic E-state index is -3.61. The van der Waals surface area contributed by atoms with Crippen molar-refractivity contribution in [2.24, 2.45) is 0 Å². The number of amides is 2. The summed E-state index contributed by atoms with van der Waals surface area (Å²) in [5.74, 6) is 1.90. The second kappa shape index (κ2) is 12.2. The van der Waals surface area contributed by atoms with Crippen LogP contribution in [-0.4, -0.2) is 50.9 Å². The van der Waals surface area contributed by atoms with E-state index in [9.17, 15) is 13.2 Å². The highest BCUT2D eigenvalue weighted by Crippen LogP contribution is 2.40. The van der Waals surface area contributed by atoms with Gasteiger partial charge in [0.1, 0.15) is 5.75 Å². The number of hydrogen-bond donors (Lipinski definition) is 3. The quantitative estimate of drug-likeness (QED) is 0.200. The number of carbonyl (C=O) groups is 1. The van der Waals surface area contributed by atoms with Gasteiger partial charge in [-0.2, -0.15) is 4.98 Å². The van der Waals surface area contributed by atoms with E-state index in [0.717, 1.165) is 54.2 Å². The molecule has 3 aromatic carbocycles. The number of ether oxygens (including phenoxy) is 2. The predicted molar refractivity (Wildman–Crippen MR) is 175 cm³/mol. The maximum absolute atomic E-state index is 13.4. The van der Waals surface area contributed by atoms with Crippen LogP contribution in [0.15, 0.2) is 54.6 Å². The maximum atomic E-state index is 13.4. The molecule has 0 atom stereocenters. The zero-order chi connectivity index (χ0) is 31.6. The Kier molecular flexibility index (Phi) is 8.55. The second-order valence-electron chi connectivity index (χ2n) is 11.9. The van der Waals surface area contributed by atoms with Gasteiger partial charge in [0, 0.05) is 35.6 Å². The SMILES string of the molecule is COc1c(NC(=O)Nc2ccc(Oc3cc(C)nc(N4CCCC4)n3)c3ccccc23)cc(C(C)(C)C)cc1NS(C)(=O)=O. The van der Waals surface area contributed by atoms with Gasteiger partial charge in [-0.25, -0.2) is 18.2 Å². The number of carbonyl (C=O) groups excluding carboxylic acids is 1. The summed E-state index contributed by atoms with van der Waals surface area (Å²) in [4.78, 5) is 24.8. The van der Waals surface area contributed by atoms with Gasteiger partial charge in [0.25, 0.3) is 0 Å². The van der Waals surface area contributed by atoms with Crippen molar-refractivity contribution in [2.45, 2.75) is 46.0 Å². The lowest BCUT2D eigenvalue weighted by molar-refractivity contribution is 0.262. The molecule has 3 N–H and O–H groups in total. The van der Waals surface area contributed by atoms with Crippen molar-refractivity contribution in [1.29, 1.82) is 0 Å². The minimum Gasteiger partial charge on any atom is -0.492 e. The summed E-state index contributed by atoms with van der Waals surface area (Å²) >= 11 is 0. The highest BCUT2D eigenvalue weighted by atomic mass is 32.2. The zero-order valence-corrected chi connectivity index (χ0v) is 26.6. The molecule has 2 amide bonds. The van der Waals surface area contributed by atoms with Crippen LogP contribution in [0.1, 0.15) is 44.9 Å². The number of anilines is 4. The maximum Gasteiger partial charge on any atom is 0.323 e. The molecule has 1 saturated heterocycles. The molecule has 2 heterocycles. The molecule has 5 rings (SSSR count). The van der Waals surface area contributed by atoms with E-state index < -0.39 is 16.1 Å². The highest BCUT2D eigenvalue weighted by molar-refractivity contribution is 7.92. The Morgan fingerprint density at radius 1 is 0.909 bits per heavy atom. The van der Waals surface area contributed by atoms with Gasteiger partial charge in [0.2, 0.25) is 21.9 Å². The van der Waals surface area contributed by atoms with Crippen molar-refractivity contribution in [3.8, 4) is 17.4 Å². The average Bonchev–Trinajstić information content (AvgIpc) is 3.48. The van der Waals surface area contributed by atoms with Crippen LogP contribution in [0.25, 0.3) is 10.8 Å². The fraction of sp³-hybridized carbons (Fsp3) is 0.344. The smallest absolute Gasteiger partial charge is 0.323 e. The Balaban J connectivity index is 1.43. The van der Waals surface area contributed by atoms with Crippen molar-refractivity contribution < 1.29 is 22.7 Å². The van der Waals surface area contributed by atoms with Crippen molar-refractivity contribution >= 4 is 49.8 Å². The molecule has 1 aliphatic heterocycles. The number of aryl methyl sites for hydroxylation is 1. The first-order valence-corrected chi connectivity index (χ1v) is 16.3. The fourth-order valence-electron chi connectivity index (χ4n) is 5.14. The van der Waals surface area contributed by atoms with Crippen molar-refractivity contribution in [2.75, 3.05) is 46.7 Å². The number of benzene rings is 3. The molecule has 44 heavy (non-hydrogen) atoms. The third-order valence-electron chi connectivity index (χ3n) is 7.26. The van der Waals surface area contributed by atoms with E-state index >= 15 is 0 Å². The van der Waals surface area contributed by atoms with E-state index in [2.05, 4.69) is 30.2 Å². The Labute approximate surface area is 258 Å². The summed E-state index contributed by atoms with van der Waals surface area (Å²) in [7, 11) is -2.19. The van der Waals surface area contributed by atoms with E-state index in [1.807, 2.05) is 52.0 Å². The first kappa shape index (κ1) is 30.9. The standard InChI is InChI=1S/C32H38N6O5S/c1-20-17-28(36-30(33-20)38-15-9-10-16-38)43-27-14-13-24(22-11-7-8-12-23(22)27)34-31(39)35-25-18-21(32(2,3)4)19-26(29(25)42-5)37-44(6,40)41/h7-8,11-14,17-19,37H,9-10,15-16H2,1-6H3,(H2,34,35,39). The van der Waals surface area contributed by atoms with E-state index in [-0.39, 0.29) is 16.9 Å². The molecule has 232 valence electrons. The van der Waals surface area contributed by atoms with Gasteiger partial charge < -0.3 is 25.0 Å². The van der Waals surface area contributed by atoms with Crippen LogP contribution in [0, 0.1) is 6.92 Å². The van der Waals surface area contributed by atoms with Gasteiger partial charge in [-0.05, 0) is 55.0 Å². The Morgan fingerprint density at radius 3 is 2.23 bits per heavy atom. The van der Waals surface area contributed by atoms with Gasteiger partial charge in [-0.3, -0.25) is 4.72 Å². The van der Waals surface area contributed by atoms with Gasteiger partial charge >= 0.3 is 6.03 Å². The normalized spacial score (nSPS) is 13.5. The summed E-state index contributed by atoms with van der Waals surface area (Å²) in [6.07, 6.45) is 3.30. The van der Waals surface area contributed by atoms with Gasteiger partial charge in [0.15, 0.2) is 5.75 Å². The number of hydrogen-bond acceptors (Lipinski definition) is 8. The minimum absolute atomic E-state index is 0.195. The lowest BCUT2D eigenvalue weighted by atomic mass is 9.86. The number of rotatable bonds is 8. The first-order chi connectivity index (χ1) is 20.8. The zero-order valence-electron chi connectivity index (χ0n) is 25.8. The number of fused-ring (bicyclic) bond motifs is 1. The number of sulfonamides is 1. The second-order valence-corrected chi connectivity index (χ2v) is 13.7. The molecule has 0 bridgehead atoms. The summed E-state index contributed by atoms with van der Waals surface area (Å²) in [5.41, 5.74) is 2.40. The molecule has 4 aromatic rings. The van der Waals surface area contributed by atoms with Crippen LogP contribution < -0.4 is 29.7 Å². The number of methoxy groups -OCH3 is 1. The number of urea groups is 1. The van der Waals surface area contributed by atoms with E-state index in [0.29, 0.717) is 29.0 Å². The van der Waals surface area contributed by atoms with Crippen LogP contribution in [0.2, 0.25) is 0 Å². The number of nitrogens with zero attached hydrogens (tertiary/aromatic N) is 3. The largest absolute Gasteiger partial charge is 0.492 e. The van der Waals surface area contributed by atoms with E-state index in [1.54, 1.807) is 30.3 Å². The molecule has 11 nitrogen and oxygen atoms in total.